The van der Waals surface area contributed by atoms with E-state index < -0.39 is 0 Å². The van der Waals surface area contributed by atoms with Crippen LogP contribution in [0.15, 0.2) is 114 Å². The molecule has 0 unspecified atom stereocenters. The molecule has 0 bridgehead atoms. The molecule has 2 aliphatic rings. The Hall–Kier alpha value is -5.48. The molecule has 0 amide bonds. The van der Waals surface area contributed by atoms with Crippen LogP contribution in [-0.4, -0.2) is 18.9 Å². The first kappa shape index (κ1) is 41.3. The summed E-state index contributed by atoms with van der Waals surface area (Å²) in [6.45, 7) is 10.5. The Kier molecular flexibility index (Phi) is 13.3. The number of nitrogens with one attached hydrogen (secondary N) is 1. The molecule has 0 fully saturated rings. The molecule has 2 aliphatic heterocycles. The second-order valence-electron chi connectivity index (χ2n) is 16.8. The molecule has 1 N–H and O–H groups in total. The van der Waals surface area contributed by atoms with E-state index in [0.29, 0.717) is 0 Å². The number of hydrogen-bond acceptors (Lipinski definition) is 3. The molecular weight excluding hydrogens is 736 g/mol. The molecule has 0 atom stereocenters. The van der Waals surface area contributed by atoms with Gasteiger partial charge in [0.25, 0.3) is 0 Å². The molecule has 6 aromatic rings. The lowest BCUT2D eigenvalue weighted by molar-refractivity contribution is 0.517. The van der Waals surface area contributed by atoms with E-state index in [-0.39, 0.29) is 5.82 Å². The monoisotopic (exact) mass is 796 g/mol. The number of aryl methyl sites for hydroxylation is 4. The van der Waals surface area contributed by atoms with Crippen LogP contribution in [0.5, 0.6) is 5.75 Å². The number of aliphatic imine (C=N–C) groups is 1. The summed E-state index contributed by atoms with van der Waals surface area (Å²) in [4.78, 5) is 5.20. The lowest BCUT2D eigenvalue weighted by Gasteiger charge is -2.31. The average Bonchev–Trinajstić information content (AvgIpc) is 3.29. The zero-order valence-electron chi connectivity index (χ0n) is 36.2. The Morgan fingerprint density at radius 2 is 1.02 bits per heavy atom. The van der Waals surface area contributed by atoms with Gasteiger partial charge in [-0.2, -0.15) is 0 Å². The van der Waals surface area contributed by atoms with E-state index in [1.807, 2.05) is 0 Å². The topological polar surface area (TPSA) is 33.6 Å². The zero-order chi connectivity index (χ0) is 41.4. The third kappa shape index (κ3) is 8.71. The van der Waals surface area contributed by atoms with Gasteiger partial charge in [0, 0.05) is 40.7 Å². The van der Waals surface area contributed by atoms with Crippen molar-refractivity contribution in [3.05, 3.63) is 160 Å². The summed E-state index contributed by atoms with van der Waals surface area (Å²) in [5.74, 6) is 2.04. The molecule has 0 aliphatic carbocycles. The highest BCUT2D eigenvalue weighted by Crippen LogP contribution is 2.54. The van der Waals surface area contributed by atoms with Crippen molar-refractivity contribution in [2.45, 2.75) is 111 Å². The van der Waals surface area contributed by atoms with Crippen LogP contribution >= 0.6 is 0 Å². The van der Waals surface area contributed by atoms with Gasteiger partial charge in [0.05, 0.1) is 5.56 Å². The van der Waals surface area contributed by atoms with E-state index >= 15 is 4.39 Å². The van der Waals surface area contributed by atoms with E-state index in [1.54, 1.807) is 12.1 Å². The number of nitrogens with zero attached hydrogens (tertiary/aromatic N) is 1. The van der Waals surface area contributed by atoms with Gasteiger partial charge in [-0.1, -0.05) is 150 Å². The van der Waals surface area contributed by atoms with Crippen LogP contribution in [0.4, 0.5) is 4.39 Å². The van der Waals surface area contributed by atoms with Crippen LogP contribution in [-0.2, 0) is 25.7 Å². The highest BCUT2D eigenvalue weighted by atomic mass is 19.1. The van der Waals surface area contributed by atoms with Crippen LogP contribution in [0.25, 0.3) is 44.4 Å². The minimum Gasteiger partial charge on any atom is -0.455 e. The van der Waals surface area contributed by atoms with Crippen molar-refractivity contribution in [1.29, 1.82) is 0 Å². The minimum atomic E-state index is -0.265. The molecule has 4 heteroatoms. The second-order valence-corrected chi connectivity index (χ2v) is 16.8. The first-order valence-corrected chi connectivity index (χ1v) is 22.9. The van der Waals surface area contributed by atoms with Gasteiger partial charge in [-0.15, -0.1) is 0 Å². The number of hydrogen-bond donors (Lipinski definition) is 1. The molecule has 60 heavy (non-hydrogen) atoms. The van der Waals surface area contributed by atoms with Crippen LogP contribution in [0.3, 0.4) is 0 Å². The summed E-state index contributed by atoms with van der Waals surface area (Å²) < 4.78 is 24.3. The van der Waals surface area contributed by atoms with E-state index in [4.69, 9.17) is 9.73 Å². The average molecular weight is 797 g/mol. The predicted octanol–water partition coefficient (Wildman–Crippen LogP) is 14.7. The van der Waals surface area contributed by atoms with Crippen molar-refractivity contribution < 1.29 is 9.13 Å². The molecule has 0 spiro atoms. The van der Waals surface area contributed by atoms with Gasteiger partial charge >= 0.3 is 0 Å². The molecule has 0 radical (unpaired) electrons. The predicted molar refractivity (Wildman–Crippen MR) is 253 cm³/mol. The maximum absolute atomic E-state index is 16.8. The van der Waals surface area contributed by atoms with Gasteiger partial charge < -0.3 is 10.1 Å². The Labute approximate surface area is 357 Å². The Balaban J connectivity index is 1.46. The summed E-state index contributed by atoms with van der Waals surface area (Å²) in [5.41, 5.74) is 14.1. The number of unbranched alkanes of at least 4 members (excludes halogenated alkanes) is 4. The van der Waals surface area contributed by atoms with Crippen LogP contribution in [0.1, 0.15) is 130 Å². The normalized spacial score (nSPS) is 13.7. The van der Waals surface area contributed by atoms with Crippen molar-refractivity contribution >= 4 is 27.9 Å². The smallest absolute Gasteiger partial charge is 0.147 e. The van der Waals surface area contributed by atoms with Crippen molar-refractivity contribution in [2.75, 3.05) is 13.1 Å². The molecule has 0 aromatic heterocycles. The quantitative estimate of drug-likeness (QED) is 0.0997. The zero-order valence-corrected chi connectivity index (χ0v) is 36.2. The lowest BCUT2D eigenvalue weighted by atomic mass is 9.80. The number of ether oxygens (including phenoxy) is 1. The molecule has 0 saturated carbocycles. The lowest BCUT2D eigenvalue weighted by Crippen LogP contribution is -2.31. The number of rotatable bonds is 17. The fourth-order valence-electron chi connectivity index (χ4n) is 8.99. The molecule has 308 valence electrons. The van der Waals surface area contributed by atoms with Crippen molar-refractivity contribution in [1.82, 2.24) is 5.32 Å². The highest BCUT2D eigenvalue weighted by molar-refractivity contribution is 6.23. The van der Waals surface area contributed by atoms with E-state index in [0.717, 1.165) is 175 Å². The van der Waals surface area contributed by atoms with Gasteiger partial charge in [0.15, 0.2) is 0 Å². The van der Waals surface area contributed by atoms with Crippen molar-refractivity contribution in [2.24, 2.45) is 4.99 Å². The first-order chi connectivity index (χ1) is 29.5. The van der Waals surface area contributed by atoms with Crippen LogP contribution in [0, 0.1) is 5.82 Å². The SMILES string of the molecule is CCCCc1ccc(C2=C(c3ccc(CCCC)cc3)c3cc(F)cc4c(-c5ccc(CCCC)cc5)c(-c5ccc(CCCC)cc5)c(C5=NCCCN5)c(c34)O2)cc1. The number of amidine groups is 1. The summed E-state index contributed by atoms with van der Waals surface area (Å²) in [6, 6.07) is 39.3. The second kappa shape index (κ2) is 19.3. The third-order valence-corrected chi connectivity index (χ3v) is 12.4. The Morgan fingerprint density at radius 3 is 1.48 bits per heavy atom. The van der Waals surface area contributed by atoms with Crippen LogP contribution in [0.2, 0.25) is 0 Å². The molecule has 0 saturated heterocycles. The van der Waals surface area contributed by atoms with Crippen molar-refractivity contribution in [3.63, 3.8) is 0 Å². The summed E-state index contributed by atoms with van der Waals surface area (Å²) in [7, 11) is 0. The fourth-order valence-corrected chi connectivity index (χ4v) is 8.99. The van der Waals surface area contributed by atoms with Gasteiger partial charge in [-0.05, 0) is 120 Å². The molecule has 6 aromatic carbocycles. The Bertz CT molecular complexity index is 2480. The molecule has 2 heterocycles. The standard InChI is InChI=1S/C56H61FN2O/c1-5-9-14-38-18-26-42(27-19-38)49-47-36-46(57)37-48-50(43-28-20-39(21-29-43)15-10-6-2)54(45-32-24-41(25-33-45)17-12-8-4)60-55(52(47)48)53(56-58-34-13-35-59-56)51(49)44-30-22-40(23-31-44)16-11-7-3/h18-33,36-37H,5-17,34-35H2,1-4H3,(H,58,59). The van der Waals surface area contributed by atoms with Gasteiger partial charge in [-0.3, -0.25) is 4.99 Å². The summed E-state index contributed by atoms with van der Waals surface area (Å²) in [6.07, 6.45) is 14.3. The van der Waals surface area contributed by atoms with Gasteiger partial charge in [-0.25, -0.2) is 4.39 Å². The van der Waals surface area contributed by atoms with Crippen molar-refractivity contribution in [3.8, 4) is 28.0 Å². The largest absolute Gasteiger partial charge is 0.455 e. The number of benzene rings is 6. The van der Waals surface area contributed by atoms with E-state index in [9.17, 15) is 0 Å². The number of halogens is 1. The maximum atomic E-state index is 16.8. The first-order valence-electron chi connectivity index (χ1n) is 22.9. The van der Waals surface area contributed by atoms with Gasteiger partial charge in [0.1, 0.15) is 23.2 Å². The fraction of sp³-hybridized carbons (Fsp3) is 0.339. The highest BCUT2D eigenvalue weighted by Gasteiger charge is 2.34. The molecular formula is C56H61FN2O. The van der Waals surface area contributed by atoms with Gasteiger partial charge in [0.2, 0.25) is 0 Å². The molecule has 8 rings (SSSR count). The minimum absolute atomic E-state index is 0.265. The van der Waals surface area contributed by atoms with E-state index in [2.05, 4.69) is 130 Å². The van der Waals surface area contributed by atoms with Crippen LogP contribution < -0.4 is 10.1 Å². The third-order valence-electron chi connectivity index (χ3n) is 12.4. The molecule has 3 nitrogen and oxygen atoms in total. The van der Waals surface area contributed by atoms with E-state index in [1.165, 1.54) is 22.3 Å². The summed E-state index contributed by atoms with van der Waals surface area (Å²) in [5, 5.41) is 5.48. The Morgan fingerprint density at radius 1 is 0.550 bits per heavy atom. The summed E-state index contributed by atoms with van der Waals surface area (Å²) >= 11 is 0. The maximum Gasteiger partial charge on any atom is 0.147 e.